The Morgan fingerprint density at radius 2 is 1.94 bits per heavy atom. The molecule has 0 N–H and O–H groups in total. The number of benzene rings is 1. The van der Waals surface area contributed by atoms with Crippen LogP contribution in [0, 0.1) is 0 Å². The van der Waals surface area contributed by atoms with E-state index in [1.165, 1.54) is 0 Å². The fourth-order valence-corrected chi connectivity index (χ4v) is 1.76. The highest BCUT2D eigenvalue weighted by Gasteiger charge is 2.24. The first-order valence-electron chi connectivity index (χ1n) is 5.27. The predicted molar refractivity (Wildman–Crippen MR) is 59.7 cm³/mol. The van der Waals surface area contributed by atoms with E-state index in [1.807, 2.05) is 18.2 Å². The van der Waals surface area contributed by atoms with Gasteiger partial charge in [0.25, 0.3) is 5.91 Å². The third kappa shape index (κ3) is 2.05. The normalized spacial score (nSPS) is 16.4. The molecule has 1 aromatic carbocycles. The van der Waals surface area contributed by atoms with Crippen LogP contribution in [-0.2, 0) is 4.79 Å². The van der Waals surface area contributed by atoms with Crippen LogP contribution in [0.4, 0.5) is 0 Å². The average molecular weight is 218 g/mol. The van der Waals surface area contributed by atoms with Crippen molar-refractivity contribution in [1.29, 1.82) is 0 Å². The SMILES string of the molecule is CN1CN(C(=O)c2ccccc2)CCC1=O. The molecule has 4 nitrogen and oxygen atoms in total. The van der Waals surface area contributed by atoms with Crippen LogP contribution in [0.25, 0.3) is 0 Å². The summed E-state index contributed by atoms with van der Waals surface area (Å²) in [6.07, 6.45) is 0.412. The van der Waals surface area contributed by atoms with Gasteiger partial charge in [-0.2, -0.15) is 0 Å². The molecule has 0 spiro atoms. The lowest BCUT2D eigenvalue weighted by molar-refractivity contribution is -0.134. The van der Waals surface area contributed by atoms with Crippen LogP contribution in [0.3, 0.4) is 0 Å². The maximum Gasteiger partial charge on any atom is 0.255 e. The van der Waals surface area contributed by atoms with Gasteiger partial charge in [-0.15, -0.1) is 0 Å². The molecule has 2 rings (SSSR count). The summed E-state index contributed by atoms with van der Waals surface area (Å²) in [5.74, 6) is 0.0806. The molecule has 0 atom stereocenters. The van der Waals surface area contributed by atoms with E-state index in [0.717, 1.165) is 0 Å². The summed E-state index contributed by atoms with van der Waals surface area (Å²) < 4.78 is 0. The number of hydrogen-bond acceptors (Lipinski definition) is 2. The summed E-state index contributed by atoms with van der Waals surface area (Å²) in [7, 11) is 1.72. The lowest BCUT2D eigenvalue weighted by Gasteiger charge is -2.33. The van der Waals surface area contributed by atoms with Gasteiger partial charge in [-0.05, 0) is 12.1 Å². The van der Waals surface area contributed by atoms with Gasteiger partial charge in [-0.1, -0.05) is 18.2 Å². The van der Waals surface area contributed by atoms with E-state index in [4.69, 9.17) is 0 Å². The van der Waals surface area contributed by atoms with Crippen LogP contribution in [0.5, 0.6) is 0 Å². The Balaban J connectivity index is 2.09. The highest BCUT2D eigenvalue weighted by molar-refractivity contribution is 5.95. The zero-order valence-electron chi connectivity index (χ0n) is 9.22. The first kappa shape index (κ1) is 10.7. The summed E-state index contributed by atoms with van der Waals surface area (Å²) in [6.45, 7) is 0.892. The Morgan fingerprint density at radius 1 is 1.25 bits per heavy atom. The standard InChI is InChI=1S/C12H14N2O2/c1-13-9-14(8-7-11(13)15)12(16)10-5-3-2-4-6-10/h2-6H,7-9H2,1H3. The Labute approximate surface area is 94.5 Å². The first-order chi connectivity index (χ1) is 7.68. The fraction of sp³-hybridized carbons (Fsp3) is 0.333. The maximum atomic E-state index is 12.0. The molecule has 4 heteroatoms. The summed E-state index contributed by atoms with van der Waals surface area (Å²) in [6, 6.07) is 9.14. The minimum atomic E-state index is -0.0139. The van der Waals surface area contributed by atoms with E-state index in [9.17, 15) is 9.59 Å². The van der Waals surface area contributed by atoms with Gasteiger partial charge in [-0.25, -0.2) is 0 Å². The van der Waals surface area contributed by atoms with Gasteiger partial charge in [-0.3, -0.25) is 9.59 Å². The highest BCUT2D eigenvalue weighted by Crippen LogP contribution is 2.10. The Hall–Kier alpha value is -1.84. The van der Waals surface area contributed by atoms with Crippen LogP contribution >= 0.6 is 0 Å². The largest absolute Gasteiger partial charge is 0.328 e. The molecular weight excluding hydrogens is 204 g/mol. The van der Waals surface area contributed by atoms with Gasteiger partial charge in [0.1, 0.15) is 0 Å². The number of hydrogen-bond donors (Lipinski definition) is 0. The molecule has 84 valence electrons. The molecule has 0 radical (unpaired) electrons. The van der Waals surface area contributed by atoms with Crippen molar-refractivity contribution in [3.8, 4) is 0 Å². The number of nitrogens with zero attached hydrogens (tertiary/aromatic N) is 2. The van der Waals surface area contributed by atoms with Crippen molar-refractivity contribution in [1.82, 2.24) is 9.80 Å². The second kappa shape index (κ2) is 4.35. The van der Waals surface area contributed by atoms with E-state index in [2.05, 4.69) is 0 Å². The van der Waals surface area contributed by atoms with Crippen LogP contribution < -0.4 is 0 Å². The van der Waals surface area contributed by atoms with Gasteiger partial charge < -0.3 is 9.80 Å². The number of rotatable bonds is 1. The smallest absolute Gasteiger partial charge is 0.255 e. The number of carbonyl (C=O) groups excluding carboxylic acids is 2. The molecule has 1 aliphatic heterocycles. The third-order valence-electron chi connectivity index (χ3n) is 2.71. The summed E-state index contributed by atoms with van der Waals surface area (Å²) in [5, 5.41) is 0. The second-order valence-electron chi connectivity index (χ2n) is 3.92. The summed E-state index contributed by atoms with van der Waals surface area (Å²) in [5.41, 5.74) is 0.672. The van der Waals surface area contributed by atoms with Crippen molar-refractivity contribution < 1.29 is 9.59 Å². The van der Waals surface area contributed by atoms with Crippen molar-refractivity contribution >= 4 is 11.8 Å². The van der Waals surface area contributed by atoms with E-state index < -0.39 is 0 Å². The molecule has 2 amide bonds. The molecule has 0 bridgehead atoms. The zero-order valence-corrected chi connectivity index (χ0v) is 9.22. The first-order valence-corrected chi connectivity index (χ1v) is 5.27. The van der Waals surface area contributed by atoms with Crippen molar-refractivity contribution in [2.75, 3.05) is 20.3 Å². The molecule has 1 aliphatic rings. The van der Waals surface area contributed by atoms with Gasteiger partial charge >= 0.3 is 0 Å². The Bertz CT molecular complexity index is 403. The minimum Gasteiger partial charge on any atom is -0.328 e. The summed E-state index contributed by atoms with van der Waals surface area (Å²) >= 11 is 0. The second-order valence-corrected chi connectivity index (χ2v) is 3.92. The Kier molecular flexibility index (Phi) is 2.90. The molecule has 1 aromatic rings. The average Bonchev–Trinajstić information content (AvgIpc) is 2.33. The monoisotopic (exact) mass is 218 g/mol. The fourth-order valence-electron chi connectivity index (χ4n) is 1.76. The van der Waals surface area contributed by atoms with E-state index in [1.54, 1.807) is 29.0 Å². The van der Waals surface area contributed by atoms with Crippen LogP contribution in [0.2, 0.25) is 0 Å². The van der Waals surface area contributed by atoms with Gasteiger partial charge in [0.15, 0.2) is 0 Å². The molecule has 0 unspecified atom stereocenters. The van der Waals surface area contributed by atoms with E-state index >= 15 is 0 Å². The summed E-state index contributed by atoms with van der Waals surface area (Å²) in [4.78, 5) is 26.6. The molecule has 1 fully saturated rings. The topological polar surface area (TPSA) is 40.6 Å². The van der Waals surface area contributed by atoms with E-state index in [-0.39, 0.29) is 11.8 Å². The van der Waals surface area contributed by atoms with Crippen molar-refractivity contribution in [3.63, 3.8) is 0 Å². The predicted octanol–water partition coefficient (Wildman–Crippen LogP) is 0.948. The van der Waals surface area contributed by atoms with Gasteiger partial charge in [0, 0.05) is 25.6 Å². The van der Waals surface area contributed by atoms with Crippen LogP contribution in [-0.4, -0.2) is 41.9 Å². The molecule has 1 saturated heterocycles. The van der Waals surface area contributed by atoms with Crippen molar-refractivity contribution in [2.24, 2.45) is 0 Å². The highest BCUT2D eigenvalue weighted by atomic mass is 16.2. The van der Waals surface area contributed by atoms with Gasteiger partial charge in [0.05, 0.1) is 6.67 Å². The zero-order chi connectivity index (χ0) is 11.5. The van der Waals surface area contributed by atoms with Crippen LogP contribution in [0.1, 0.15) is 16.8 Å². The lowest BCUT2D eigenvalue weighted by Crippen LogP contribution is -2.48. The molecule has 0 aliphatic carbocycles. The molecule has 0 saturated carbocycles. The minimum absolute atomic E-state index is 0.0139. The Morgan fingerprint density at radius 3 is 2.56 bits per heavy atom. The lowest BCUT2D eigenvalue weighted by atomic mass is 10.2. The van der Waals surface area contributed by atoms with Gasteiger partial charge in [0.2, 0.25) is 5.91 Å². The maximum absolute atomic E-state index is 12.0. The number of amides is 2. The van der Waals surface area contributed by atoms with Crippen LogP contribution in [0.15, 0.2) is 30.3 Å². The quantitative estimate of drug-likeness (QED) is 0.704. The number of carbonyl (C=O) groups is 2. The molecule has 0 aromatic heterocycles. The molecule has 16 heavy (non-hydrogen) atoms. The van der Waals surface area contributed by atoms with Crippen molar-refractivity contribution in [3.05, 3.63) is 35.9 Å². The van der Waals surface area contributed by atoms with E-state index in [0.29, 0.717) is 25.2 Å². The third-order valence-corrected chi connectivity index (χ3v) is 2.71. The molecular formula is C12H14N2O2. The molecule has 1 heterocycles. The van der Waals surface area contributed by atoms with Crippen molar-refractivity contribution in [2.45, 2.75) is 6.42 Å².